The Balaban J connectivity index is 2.45. The zero-order valence-electron chi connectivity index (χ0n) is 9.77. The lowest BCUT2D eigenvalue weighted by atomic mass is 10.0. The standard InChI is InChI=1S/C13H14ClNO2/c1-8(13(16)17)5-9-7-15(2)12-6-10(14)3-4-11(9)12/h3-4,6-8H,5H2,1-2H3,(H,16,17). The fourth-order valence-electron chi connectivity index (χ4n) is 2.02. The van der Waals surface area contributed by atoms with E-state index < -0.39 is 5.97 Å². The topological polar surface area (TPSA) is 42.2 Å². The van der Waals surface area contributed by atoms with E-state index in [2.05, 4.69) is 0 Å². The molecule has 0 fully saturated rings. The van der Waals surface area contributed by atoms with E-state index in [1.165, 1.54) is 0 Å². The first-order valence-corrected chi connectivity index (χ1v) is 5.83. The van der Waals surface area contributed by atoms with E-state index >= 15 is 0 Å². The van der Waals surface area contributed by atoms with Crippen molar-refractivity contribution >= 4 is 28.5 Å². The first kappa shape index (κ1) is 12.0. The third-order valence-electron chi connectivity index (χ3n) is 2.98. The van der Waals surface area contributed by atoms with Crippen molar-refractivity contribution in [1.29, 1.82) is 0 Å². The van der Waals surface area contributed by atoms with Crippen LogP contribution in [-0.4, -0.2) is 15.6 Å². The largest absolute Gasteiger partial charge is 0.481 e. The summed E-state index contributed by atoms with van der Waals surface area (Å²) >= 11 is 5.95. The summed E-state index contributed by atoms with van der Waals surface area (Å²) in [7, 11) is 1.94. The van der Waals surface area contributed by atoms with E-state index in [4.69, 9.17) is 16.7 Å². The van der Waals surface area contributed by atoms with E-state index in [1.54, 1.807) is 6.92 Å². The van der Waals surface area contributed by atoms with E-state index in [1.807, 2.05) is 36.0 Å². The minimum Gasteiger partial charge on any atom is -0.481 e. The monoisotopic (exact) mass is 251 g/mol. The smallest absolute Gasteiger partial charge is 0.306 e. The molecule has 0 bridgehead atoms. The van der Waals surface area contributed by atoms with Gasteiger partial charge < -0.3 is 9.67 Å². The molecular weight excluding hydrogens is 238 g/mol. The number of hydrogen-bond acceptors (Lipinski definition) is 1. The maximum Gasteiger partial charge on any atom is 0.306 e. The lowest BCUT2D eigenvalue weighted by molar-refractivity contribution is -0.141. The summed E-state index contributed by atoms with van der Waals surface area (Å²) < 4.78 is 1.98. The first-order chi connectivity index (χ1) is 7.99. The molecule has 4 heteroatoms. The van der Waals surface area contributed by atoms with Gasteiger partial charge in [-0.1, -0.05) is 24.6 Å². The molecule has 2 aromatic rings. The highest BCUT2D eigenvalue weighted by molar-refractivity contribution is 6.31. The zero-order chi connectivity index (χ0) is 12.6. The highest BCUT2D eigenvalue weighted by Gasteiger charge is 2.15. The minimum absolute atomic E-state index is 0.378. The Labute approximate surface area is 105 Å². The second kappa shape index (κ2) is 4.41. The van der Waals surface area contributed by atoms with E-state index in [-0.39, 0.29) is 5.92 Å². The van der Waals surface area contributed by atoms with Crippen LogP contribution in [0.15, 0.2) is 24.4 Å². The van der Waals surface area contributed by atoms with Crippen LogP contribution in [0, 0.1) is 5.92 Å². The third-order valence-corrected chi connectivity index (χ3v) is 3.22. The number of fused-ring (bicyclic) bond motifs is 1. The SMILES string of the molecule is CC(Cc1cn(C)c2cc(Cl)ccc12)C(=O)O. The van der Waals surface area contributed by atoms with Crippen LogP contribution in [0.2, 0.25) is 5.02 Å². The number of aliphatic carboxylic acids is 1. The normalized spacial score (nSPS) is 12.9. The molecule has 90 valence electrons. The molecular formula is C13H14ClNO2. The van der Waals surface area contributed by atoms with E-state index in [0.717, 1.165) is 16.5 Å². The summed E-state index contributed by atoms with van der Waals surface area (Å²) in [4.78, 5) is 10.9. The van der Waals surface area contributed by atoms with E-state index in [0.29, 0.717) is 11.4 Å². The molecule has 3 nitrogen and oxygen atoms in total. The molecule has 0 radical (unpaired) electrons. The van der Waals surface area contributed by atoms with Gasteiger partial charge in [-0.2, -0.15) is 0 Å². The number of rotatable bonds is 3. The molecule has 1 aromatic carbocycles. The van der Waals surface area contributed by atoms with E-state index in [9.17, 15) is 4.79 Å². The highest BCUT2D eigenvalue weighted by Crippen LogP contribution is 2.25. The third kappa shape index (κ3) is 2.29. The Morgan fingerprint density at radius 2 is 2.24 bits per heavy atom. The quantitative estimate of drug-likeness (QED) is 0.911. The van der Waals surface area contributed by atoms with Crippen molar-refractivity contribution in [2.45, 2.75) is 13.3 Å². The molecule has 0 saturated heterocycles. The highest BCUT2D eigenvalue weighted by atomic mass is 35.5. The fourth-order valence-corrected chi connectivity index (χ4v) is 2.19. The molecule has 1 heterocycles. The Bertz CT molecular complexity index is 574. The maximum atomic E-state index is 10.9. The number of nitrogens with zero attached hydrogens (tertiary/aromatic N) is 1. The molecule has 0 spiro atoms. The summed E-state index contributed by atoms with van der Waals surface area (Å²) in [5, 5.41) is 10.7. The molecule has 0 amide bonds. The summed E-state index contributed by atoms with van der Waals surface area (Å²) in [6, 6.07) is 5.67. The average molecular weight is 252 g/mol. The van der Waals surface area contributed by atoms with Gasteiger partial charge >= 0.3 is 5.97 Å². The maximum absolute atomic E-state index is 10.9. The van der Waals surface area contributed by atoms with Crippen LogP contribution in [0.1, 0.15) is 12.5 Å². The lowest BCUT2D eigenvalue weighted by Gasteiger charge is -2.04. The van der Waals surface area contributed by atoms with Gasteiger partial charge in [0.2, 0.25) is 0 Å². The van der Waals surface area contributed by atoms with Crippen molar-refractivity contribution in [3.63, 3.8) is 0 Å². The Morgan fingerprint density at radius 1 is 1.53 bits per heavy atom. The number of benzene rings is 1. The van der Waals surface area contributed by atoms with Crippen LogP contribution < -0.4 is 0 Å². The van der Waals surface area contributed by atoms with Crippen LogP contribution in [0.3, 0.4) is 0 Å². The Morgan fingerprint density at radius 3 is 2.88 bits per heavy atom. The van der Waals surface area contributed by atoms with Crippen molar-refractivity contribution in [3.8, 4) is 0 Å². The average Bonchev–Trinajstić information content (AvgIpc) is 2.55. The van der Waals surface area contributed by atoms with Crippen LogP contribution >= 0.6 is 11.6 Å². The molecule has 1 N–H and O–H groups in total. The molecule has 0 aliphatic rings. The van der Waals surface area contributed by atoms with Gasteiger partial charge in [0.25, 0.3) is 0 Å². The lowest BCUT2D eigenvalue weighted by Crippen LogP contribution is -2.11. The molecule has 0 saturated carbocycles. The molecule has 2 rings (SSSR count). The van der Waals surface area contributed by atoms with Gasteiger partial charge in [0.15, 0.2) is 0 Å². The predicted octanol–water partition coefficient (Wildman–Crippen LogP) is 3.09. The van der Waals surface area contributed by atoms with Gasteiger partial charge in [0.1, 0.15) is 0 Å². The first-order valence-electron chi connectivity index (χ1n) is 5.45. The van der Waals surface area contributed by atoms with Crippen molar-refractivity contribution in [1.82, 2.24) is 4.57 Å². The van der Waals surface area contributed by atoms with Gasteiger partial charge in [-0.05, 0) is 24.1 Å². The van der Waals surface area contributed by atoms with Gasteiger partial charge in [-0.25, -0.2) is 0 Å². The molecule has 1 unspecified atom stereocenters. The van der Waals surface area contributed by atoms with Gasteiger partial charge in [-0.3, -0.25) is 4.79 Å². The molecule has 0 aliphatic carbocycles. The summed E-state index contributed by atoms with van der Waals surface area (Å²) in [5.41, 5.74) is 2.08. The summed E-state index contributed by atoms with van der Waals surface area (Å²) in [6.45, 7) is 1.72. The second-order valence-electron chi connectivity index (χ2n) is 4.37. The van der Waals surface area contributed by atoms with Crippen LogP contribution in [-0.2, 0) is 18.3 Å². The van der Waals surface area contributed by atoms with Crippen molar-refractivity contribution in [2.75, 3.05) is 0 Å². The molecule has 17 heavy (non-hydrogen) atoms. The second-order valence-corrected chi connectivity index (χ2v) is 4.81. The summed E-state index contributed by atoms with van der Waals surface area (Å²) in [6.07, 6.45) is 2.51. The Kier molecular flexibility index (Phi) is 3.11. The van der Waals surface area contributed by atoms with Crippen molar-refractivity contribution < 1.29 is 9.90 Å². The number of aromatic nitrogens is 1. The van der Waals surface area contributed by atoms with Crippen molar-refractivity contribution in [3.05, 3.63) is 35.0 Å². The Hall–Kier alpha value is -1.48. The van der Waals surface area contributed by atoms with Crippen LogP contribution in [0.5, 0.6) is 0 Å². The number of carboxylic acid groups (broad SMARTS) is 1. The van der Waals surface area contributed by atoms with Crippen LogP contribution in [0.4, 0.5) is 0 Å². The van der Waals surface area contributed by atoms with Crippen LogP contribution in [0.25, 0.3) is 10.9 Å². The van der Waals surface area contributed by atoms with Gasteiger partial charge in [0, 0.05) is 29.2 Å². The predicted molar refractivity (Wildman–Crippen MR) is 68.4 cm³/mol. The number of carbonyl (C=O) groups is 1. The molecule has 1 aromatic heterocycles. The van der Waals surface area contributed by atoms with Gasteiger partial charge in [0.05, 0.1) is 5.92 Å². The zero-order valence-corrected chi connectivity index (χ0v) is 10.5. The van der Waals surface area contributed by atoms with Crippen molar-refractivity contribution in [2.24, 2.45) is 13.0 Å². The molecule has 1 atom stereocenters. The number of carboxylic acids is 1. The number of hydrogen-bond donors (Lipinski definition) is 1. The van der Waals surface area contributed by atoms with Gasteiger partial charge in [-0.15, -0.1) is 0 Å². The minimum atomic E-state index is -0.768. The summed E-state index contributed by atoms with van der Waals surface area (Å²) in [5.74, 6) is -1.15. The fraction of sp³-hybridized carbons (Fsp3) is 0.308. The number of halogens is 1. The molecule has 0 aliphatic heterocycles. The number of aryl methyl sites for hydroxylation is 1.